The van der Waals surface area contributed by atoms with Crippen molar-refractivity contribution in [1.82, 2.24) is 19.6 Å². The van der Waals surface area contributed by atoms with Gasteiger partial charge in [0.05, 0.1) is 5.69 Å². The van der Waals surface area contributed by atoms with E-state index in [9.17, 15) is 14.7 Å². The minimum Gasteiger partial charge on any atom is -0.480 e. The van der Waals surface area contributed by atoms with Crippen molar-refractivity contribution in [3.63, 3.8) is 0 Å². The lowest BCUT2D eigenvalue weighted by molar-refractivity contribution is -0.141. The number of likely N-dealkylation sites (tertiary alicyclic amines) is 2. The van der Waals surface area contributed by atoms with E-state index in [0.29, 0.717) is 25.2 Å². The van der Waals surface area contributed by atoms with Crippen LogP contribution in [0.15, 0.2) is 6.07 Å². The monoisotopic (exact) mass is 348 g/mol. The average molecular weight is 348 g/mol. The summed E-state index contributed by atoms with van der Waals surface area (Å²) in [6.07, 6.45) is 4.31. The van der Waals surface area contributed by atoms with Gasteiger partial charge in [-0.05, 0) is 44.2 Å². The average Bonchev–Trinajstić information content (AvgIpc) is 3.08. The number of carbonyl (C=O) groups is 2. The molecule has 3 rings (SSSR count). The van der Waals surface area contributed by atoms with Gasteiger partial charge in [0, 0.05) is 26.7 Å². The van der Waals surface area contributed by atoms with Crippen LogP contribution in [0.25, 0.3) is 0 Å². The van der Waals surface area contributed by atoms with E-state index in [2.05, 4.69) is 12.0 Å². The number of aromatic nitrogens is 2. The molecule has 1 atom stereocenters. The molecule has 1 aromatic heterocycles. The third kappa shape index (κ3) is 3.42. The number of rotatable bonds is 4. The Morgan fingerprint density at radius 2 is 2.00 bits per heavy atom. The molecular formula is C18H28N4O3. The van der Waals surface area contributed by atoms with Crippen LogP contribution in [-0.4, -0.2) is 69.3 Å². The molecule has 3 heterocycles. The minimum absolute atomic E-state index is 0.0355. The van der Waals surface area contributed by atoms with Gasteiger partial charge in [0.25, 0.3) is 5.91 Å². The van der Waals surface area contributed by atoms with Gasteiger partial charge in [0.1, 0.15) is 11.7 Å². The summed E-state index contributed by atoms with van der Waals surface area (Å²) >= 11 is 0. The van der Waals surface area contributed by atoms with Gasteiger partial charge < -0.3 is 10.0 Å². The SMILES string of the molecule is CCCc1cc(C(=O)N2CCC3(CC2)C[C@H](C(=O)O)N(C)C3)n(C)n1. The van der Waals surface area contributed by atoms with Crippen molar-refractivity contribution < 1.29 is 14.7 Å². The largest absolute Gasteiger partial charge is 0.480 e. The fourth-order valence-corrected chi connectivity index (χ4v) is 4.36. The van der Waals surface area contributed by atoms with Crippen LogP contribution in [0.4, 0.5) is 0 Å². The van der Waals surface area contributed by atoms with Gasteiger partial charge in [-0.15, -0.1) is 0 Å². The summed E-state index contributed by atoms with van der Waals surface area (Å²) in [5, 5.41) is 13.8. The molecule has 1 spiro atoms. The number of aliphatic carboxylic acids is 1. The van der Waals surface area contributed by atoms with E-state index in [1.165, 1.54) is 0 Å². The van der Waals surface area contributed by atoms with Crippen LogP contribution in [0, 0.1) is 5.41 Å². The van der Waals surface area contributed by atoms with Crippen molar-refractivity contribution in [3.05, 3.63) is 17.5 Å². The van der Waals surface area contributed by atoms with Crippen LogP contribution in [-0.2, 0) is 18.3 Å². The summed E-state index contributed by atoms with van der Waals surface area (Å²) in [6.45, 7) is 4.28. The van der Waals surface area contributed by atoms with Crippen molar-refractivity contribution in [2.45, 2.75) is 45.1 Å². The molecule has 0 aliphatic carbocycles. The van der Waals surface area contributed by atoms with Gasteiger partial charge in [0.2, 0.25) is 0 Å². The van der Waals surface area contributed by atoms with Gasteiger partial charge >= 0.3 is 5.97 Å². The first kappa shape index (κ1) is 17.9. The highest BCUT2D eigenvalue weighted by Crippen LogP contribution is 2.43. The standard InChI is InChI=1S/C18H28N4O3/c1-4-5-13-10-14(21(3)19-13)16(23)22-8-6-18(7-9-22)11-15(17(24)25)20(2)12-18/h10,15H,4-9,11-12H2,1-3H3,(H,24,25)/t15-/m1/s1. The summed E-state index contributed by atoms with van der Waals surface area (Å²) in [5.74, 6) is -0.704. The van der Waals surface area contributed by atoms with Gasteiger partial charge in [-0.25, -0.2) is 0 Å². The first-order valence-corrected chi connectivity index (χ1v) is 9.10. The van der Waals surface area contributed by atoms with Gasteiger partial charge in [0.15, 0.2) is 0 Å². The fraction of sp³-hybridized carbons (Fsp3) is 0.722. The zero-order valence-electron chi connectivity index (χ0n) is 15.4. The number of carboxylic acids is 1. The van der Waals surface area contributed by atoms with Crippen molar-refractivity contribution >= 4 is 11.9 Å². The summed E-state index contributed by atoms with van der Waals surface area (Å²) in [5.41, 5.74) is 1.64. The number of aryl methyl sites for hydroxylation is 2. The third-order valence-electron chi connectivity index (χ3n) is 5.80. The molecule has 2 aliphatic rings. The Hall–Kier alpha value is -1.89. The van der Waals surface area contributed by atoms with E-state index in [1.54, 1.807) is 4.68 Å². The minimum atomic E-state index is -0.740. The second-order valence-corrected chi connectivity index (χ2v) is 7.66. The predicted molar refractivity (Wildman–Crippen MR) is 93.4 cm³/mol. The van der Waals surface area contributed by atoms with E-state index < -0.39 is 12.0 Å². The van der Waals surface area contributed by atoms with E-state index >= 15 is 0 Å². The fourth-order valence-electron chi connectivity index (χ4n) is 4.36. The van der Waals surface area contributed by atoms with Crippen molar-refractivity contribution in [3.8, 4) is 0 Å². The molecule has 0 radical (unpaired) electrons. The maximum absolute atomic E-state index is 12.8. The molecule has 0 aromatic carbocycles. The molecule has 1 N–H and O–H groups in total. The second-order valence-electron chi connectivity index (χ2n) is 7.66. The van der Waals surface area contributed by atoms with Crippen molar-refractivity contribution in [1.29, 1.82) is 0 Å². The second kappa shape index (κ2) is 6.78. The number of hydrogen-bond donors (Lipinski definition) is 1. The zero-order chi connectivity index (χ0) is 18.2. The molecule has 1 aromatic rings. The Balaban J connectivity index is 1.64. The Bertz CT molecular complexity index is 661. The molecule has 1 amide bonds. The lowest BCUT2D eigenvalue weighted by atomic mass is 9.76. The molecule has 2 saturated heterocycles. The van der Waals surface area contributed by atoms with E-state index in [-0.39, 0.29) is 11.3 Å². The lowest BCUT2D eigenvalue weighted by Gasteiger charge is -2.39. The number of hydrogen-bond acceptors (Lipinski definition) is 4. The zero-order valence-corrected chi connectivity index (χ0v) is 15.4. The number of amides is 1. The highest BCUT2D eigenvalue weighted by Gasteiger charge is 2.47. The summed E-state index contributed by atoms with van der Waals surface area (Å²) in [7, 11) is 3.71. The third-order valence-corrected chi connectivity index (χ3v) is 5.80. The number of likely N-dealkylation sites (N-methyl/N-ethyl adjacent to an activating group) is 1. The van der Waals surface area contributed by atoms with Crippen LogP contribution in [0.5, 0.6) is 0 Å². The van der Waals surface area contributed by atoms with Gasteiger partial charge in [-0.3, -0.25) is 19.2 Å². The summed E-state index contributed by atoms with van der Waals surface area (Å²) in [4.78, 5) is 28.0. The first-order valence-electron chi connectivity index (χ1n) is 9.10. The van der Waals surface area contributed by atoms with Gasteiger partial charge in [-0.2, -0.15) is 5.10 Å². The van der Waals surface area contributed by atoms with E-state index in [4.69, 9.17) is 0 Å². The Morgan fingerprint density at radius 3 is 2.56 bits per heavy atom. The highest BCUT2D eigenvalue weighted by molar-refractivity contribution is 5.92. The summed E-state index contributed by atoms with van der Waals surface area (Å²) < 4.78 is 1.68. The molecule has 7 nitrogen and oxygen atoms in total. The number of carbonyl (C=O) groups excluding carboxylic acids is 1. The maximum atomic E-state index is 12.8. The number of piperidine rings is 1. The Kier molecular flexibility index (Phi) is 4.86. The Morgan fingerprint density at radius 1 is 1.32 bits per heavy atom. The molecule has 2 aliphatic heterocycles. The molecule has 0 unspecified atom stereocenters. The smallest absolute Gasteiger partial charge is 0.320 e. The van der Waals surface area contributed by atoms with Crippen LogP contribution in [0.1, 0.15) is 48.8 Å². The number of nitrogens with zero attached hydrogens (tertiary/aromatic N) is 4. The normalized spacial score (nSPS) is 23.3. The van der Waals surface area contributed by atoms with Crippen LogP contribution < -0.4 is 0 Å². The number of carboxylic acid groups (broad SMARTS) is 1. The van der Waals surface area contributed by atoms with E-state index in [1.807, 2.05) is 30.0 Å². The predicted octanol–water partition coefficient (Wildman–Crippen LogP) is 1.38. The maximum Gasteiger partial charge on any atom is 0.320 e. The molecule has 7 heteroatoms. The molecule has 0 bridgehead atoms. The summed E-state index contributed by atoms with van der Waals surface area (Å²) in [6, 6.07) is 1.51. The molecule has 138 valence electrons. The lowest BCUT2D eigenvalue weighted by Crippen LogP contribution is -2.44. The topological polar surface area (TPSA) is 78.7 Å². The molecule has 25 heavy (non-hydrogen) atoms. The van der Waals surface area contributed by atoms with Crippen molar-refractivity contribution in [2.75, 3.05) is 26.7 Å². The van der Waals surface area contributed by atoms with Crippen LogP contribution in [0.3, 0.4) is 0 Å². The molecular weight excluding hydrogens is 320 g/mol. The van der Waals surface area contributed by atoms with E-state index in [0.717, 1.165) is 37.9 Å². The first-order chi connectivity index (χ1) is 11.8. The van der Waals surface area contributed by atoms with Crippen molar-refractivity contribution in [2.24, 2.45) is 12.5 Å². The highest BCUT2D eigenvalue weighted by atomic mass is 16.4. The van der Waals surface area contributed by atoms with Crippen LogP contribution in [0.2, 0.25) is 0 Å². The quantitative estimate of drug-likeness (QED) is 0.889. The van der Waals surface area contributed by atoms with Gasteiger partial charge in [-0.1, -0.05) is 13.3 Å². The van der Waals surface area contributed by atoms with Crippen LogP contribution >= 0.6 is 0 Å². The molecule has 2 fully saturated rings. The Labute approximate surface area is 148 Å². The molecule has 0 saturated carbocycles.